The molecule has 1 saturated heterocycles. The van der Waals surface area contributed by atoms with Crippen LogP contribution in [0, 0.1) is 6.92 Å². The number of ether oxygens (including phenoxy) is 1. The summed E-state index contributed by atoms with van der Waals surface area (Å²) in [6.45, 7) is 1.26. The van der Waals surface area contributed by atoms with Crippen molar-refractivity contribution in [3.63, 3.8) is 0 Å². The second-order valence-corrected chi connectivity index (χ2v) is 10.1. The van der Waals surface area contributed by atoms with Crippen molar-refractivity contribution in [2.45, 2.75) is 19.4 Å². The number of hydrogen-bond acceptors (Lipinski definition) is 7. The number of sulfone groups is 1. The standard InChI is InChI=1S/C23H24N4O5S/c1-16-13-21(27(26-16)18-11-12-33(30,31)15-18)25-22(28)14-32-23(29)19-9-5-6-10-20(19)24-17-7-3-2-4-8-17/h2-10,13,18,24H,11-12,14-15H2,1H3,(H,25,28). The van der Waals surface area contributed by atoms with Gasteiger partial charge >= 0.3 is 5.97 Å². The fourth-order valence-electron chi connectivity index (χ4n) is 3.69. The first kappa shape index (κ1) is 22.5. The van der Waals surface area contributed by atoms with E-state index in [2.05, 4.69) is 15.7 Å². The maximum absolute atomic E-state index is 12.6. The number of benzene rings is 2. The Kier molecular flexibility index (Phi) is 6.45. The minimum absolute atomic E-state index is 0.0167. The van der Waals surface area contributed by atoms with Crippen LogP contribution in [0.4, 0.5) is 17.2 Å². The van der Waals surface area contributed by atoms with Crippen molar-refractivity contribution in [1.29, 1.82) is 0 Å². The number of nitrogens with zero attached hydrogens (tertiary/aromatic N) is 2. The summed E-state index contributed by atoms with van der Waals surface area (Å²) in [7, 11) is -3.11. The first-order chi connectivity index (χ1) is 15.8. The van der Waals surface area contributed by atoms with Gasteiger partial charge in [0.15, 0.2) is 16.4 Å². The molecule has 1 fully saturated rings. The molecule has 0 bridgehead atoms. The zero-order valence-corrected chi connectivity index (χ0v) is 18.8. The molecule has 0 saturated carbocycles. The van der Waals surface area contributed by atoms with Gasteiger partial charge in [-0.05, 0) is 37.6 Å². The number of rotatable bonds is 7. The second kappa shape index (κ2) is 9.45. The second-order valence-electron chi connectivity index (χ2n) is 7.83. The van der Waals surface area contributed by atoms with Crippen LogP contribution in [0.1, 0.15) is 28.5 Å². The topological polar surface area (TPSA) is 119 Å². The van der Waals surface area contributed by atoms with Crippen molar-refractivity contribution < 1.29 is 22.7 Å². The molecule has 33 heavy (non-hydrogen) atoms. The van der Waals surface area contributed by atoms with E-state index in [0.717, 1.165) is 5.69 Å². The van der Waals surface area contributed by atoms with Crippen LogP contribution in [0.25, 0.3) is 0 Å². The van der Waals surface area contributed by atoms with E-state index >= 15 is 0 Å². The Bertz CT molecular complexity index is 1270. The molecule has 1 aromatic heterocycles. The Labute approximate surface area is 191 Å². The van der Waals surface area contributed by atoms with Crippen LogP contribution in [0.15, 0.2) is 60.7 Å². The molecule has 2 heterocycles. The van der Waals surface area contributed by atoms with E-state index in [1.165, 1.54) is 4.68 Å². The molecule has 0 radical (unpaired) electrons. The van der Waals surface area contributed by atoms with E-state index in [0.29, 0.717) is 29.2 Å². The highest BCUT2D eigenvalue weighted by atomic mass is 32.2. The molecule has 2 aromatic carbocycles. The van der Waals surface area contributed by atoms with Crippen LogP contribution in [0.2, 0.25) is 0 Å². The first-order valence-electron chi connectivity index (χ1n) is 10.5. The quantitative estimate of drug-likeness (QED) is 0.511. The van der Waals surface area contributed by atoms with Crippen molar-refractivity contribution in [2.75, 3.05) is 28.7 Å². The number of carbonyl (C=O) groups excluding carboxylic acids is 2. The minimum Gasteiger partial charge on any atom is -0.452 e. The molecule has 9 nitrogen and oxygen atoms in total. The van der Waals surface area contributed by atoms with Crippen LogP contribution in [-0.4, -0.2) is 48.2 Å². The first-order valence-corrected chi connectivity index (χ1v) is 12.3. The Balaban J connectivity index is 1.39. The number of carbonyl (C=O) groups is 2. The largest absolute Gasteiger partial charge is 0.452 e. The summed E-state index contributed by atoms with van der Waals surface area (Å²) in [6, 6.07) is 17.6. The lowest BCUT2D eigenvalue weighted by atomic mass is 10.1. The van der Waals surface area contributed by atoms with Crippen LogP contribution >= 0.6 is 0 Å². The van der Waals surface area contributed by atoms with E-state index in [4.69, 9.17) is 4.74 Å². The van der Waals surface area contributed by atoms with Crippen LogP contribution < -0.4 is 10.6 Å². The lowest BCUT2D eigenvalue weighted by Gasteiger charge is -2.14. The van der Waals surface area contributed by atoms with Gasteiger partial charge in [0.1, 0.15) is 5.82 Å². The highest BCUT2D eigenvalue weighted by Crippen LogP contribution is 2.27. The highest BCUT2D eigenvalue weighted by molar-refractivity contribution is 7.91. The fourth-order valence-corrected chi connectivity index (χ4v) is 5.38. The van der Waals surface area contributed by atoms with Crippen molar-refractivity contribution in [2.24, 2.45) is 0 Å². The lowest BCUT2D eigenvalue weighted by molar-refractivity contribution is -0.119. The maximum Gasteiger partial charge on any atom is 0.340 e. The van der Waals surface area contributed by atoms with E-state index in [1.54, 1.807) is 37.3 Å². The van der Waals surface area contributed by atoms with E-state index in [9.17, 15) is 18.0 Å². The van der Waals surface area contributed by atoms with Gasteiger partial charge in [0.2, 0.25) is 0 Å². The summed E-state index contributed by atoms with van der Waals surface area (Å²) in [4.78, 5) is 25.1. The van der Waals surface area contributed by atoms with Gasteiger partial charge < -0.3 is 15.4 Å². The smallest absolute Gasteiger partial charge is 0.340 e. The number of nitrogens with one attached hydrogen (secondary N) is 2. The zero-order chi connectivity index (χ0) is 23.4. The van der Waals surface area contributed by atoms with E-state index in [-0.39, 0.29) is 17.5 Å². The van der Waals surface area contributed by atoms with Crippen molar-refractivity contribution in [3.05, 3.63) is 71.9 Å². The summed E-state index contributed by atoms with van der Waals surface area (Å²) in [5.74, 6) is -0.730. The van der Waals surface area contributed by atoms with Gasteiger partial charge in [0, 0.05) is 11.8 Å². The van der Waals surface area contributed by atoms with Crippen LogP contribution in [0.5, 0.6) is 0 Å². The molecule has 1 aliphatic heterocycles. The molecule has 1 aliphatic rings. The summed E-state index contributed by atoms with van der Waals surface area (Å²) >= 11 is 0. The fraction of sp³-hybridized carbons (Fsp3) is 0.261. The van der Waals surface area contributed by atoms with E-state index in [1.807, 2.05) is 30.3 Å². The predicted octanol–water partition coefficient (Wildman–Crippen LogP) is 3.09. The molecular formula is C23H24N4O5S. The molecule has 1 amide bonds. The molecule has 10 heteroatoms. The van der Waals surface area contributed by atoms with Gasteiger partial charge in [-0.1, -0.05) is 30.3 Å². The Morgan fingerprint density at radius 3 is 2.58 bits per heavy atom. The zero-order valence-electron chi connectivity index (χ0n) is 18.0. The maximum atomic E-state index is 12.6. The average molecular weight is 469 g/mol. The van der Waals surface area contributed by atoms with Gasteiger partial charge in [-0.15, -0.1) is 0 Å². The minimum atomic E-state index is -3.11. The Morgan fingerprint density at radius 2 is 1.85 bits per heavy atom. The van der Waals surface area contributed by atoms with Gasteiger partial charge in [-0.25, -0.2) is 17.9 Å². The third-order valence-electron chi connectivity index (χ3n) is 5.21. The molecule has 1 atom stereocenters. The Hall–Kier alpha value is -3.66. The van der Waals surface area contributed by atoms with Gasteiger partial charge in [-0.3, -0.25) is 4.79 Å². The summed E-state index contributed by atoms with van der Waals surface area (Å²) < 4.78 is 30.4. The number of para-hydroxylation sites is 2. The molecular weight excluding hydrogens is 444 g/mol. The predicted molar refractivity (Wildman–Crippen MR) is 124 cm³/mol. The number of amides is 1. The number of anilines is 3. The monoisotopic (exact) mass is 468 g/mol. The lowest BCUT2D eigenvalue weighted by Crippen LogP contribution is -2.24. The van der Waals surface area contributed by atoms with Crippen molar-refractivity contribution in [3.8, 4) is 0 Å². The molecule has 0 aliphatic carbocycles. The summed E-state index contributed by atoms with van der Waals surface area (Å²) in [6.07, 6.45) is 0.437. The van der Waals surface area contributed by atoms with Crippen molar-refractivity contribution in [1.82, 2.24) is 9.78 Å². The molecule has 2 N–H and O–H groups in total. The van der Waals surface area contributed by atoms with Gasteiger partial charge in [-0.2, -0.15) is 5.10 Å². The normalized spacial score (nSPS) is 16.8. The Morgan fingerprint density at radius 1 is 1.12 bits per heavy atom. The molecule has 172 valence electrons. The number of esters is 1. The SMILES string of the molecule is Cc1cc(NC(=O)COC(=O)c2ccccc2Nc2ccccc2)n(C2CCS(=O)(=O)C2)n1. The number of aryl methyl sites for hydroxylation is 1. The molecule has 0 spiro atoms. The number of aromatic nitrogens is 2. The molecule has 4 rings (SSSR count). The van der Waals surface area contributed by atoms with E-state index < -0.39 is 28.3 Å². The van der Waals surface area contributed by atoms with Crippen molar-refractivity contribution >= 4 is 38.9 Å². The van der Waals surface area contributed by atoms with Gasteiger partial charge in [0.25, 0.3) is 5.91 Å². The third kappa shape index (κ3) is 5.58. The highest BCUT2D eigenvalue weighted by Gasteiger charge is 2.31. The third-order valence-corrected chi connectivity index (χ3v) is 6.96. The average Bonchev–Trinajstić information content (AvgIpc) is 3.34. The summed E-state index contributed by atoms with van der Waals surface area (Å²) in [5, 5.41) is 10.2. The van der Waals surface area contributed by atoms with Crippen LogP contribution in [-0.2, 0) is 19.4 Å². The number of hydrogen-bond donors (Lipinski definition) is 2. The summed E-state index contributed by atoms with van der Waals surface area (Å²) in [5.41, 5.74) is 2.32. The van der Waals surface area contributed by atoms with Crippen LogP contribution in [0.3, 0.4) is 0 Å². The molecule has 3 aromatic rings. The van der Waals surface area contributed by atoms with Gasteiger partial charge in [0.05, 0.1) is 34.5 Å². The molecule has 1 unspecified atom stereocenters.